The summed E-state index contributed by atoms with van der Waals surface area (Å²) in [7, 11) is 0. The molecule has 1 atom stereocenters. The van der Waals surface area contributed by atoms with E-state index in [1.54, 1.807) is 0 Å². The molecule has 1 rings (SSSR count). The molecule has 0 aliphatic carbocycles. The van der Waals surface area contributed by atoms with Crippen molar-refractivity contribution in [1.29, 1.82) is 0 Å². The van der Waals surface area contributed by atoms with Crippen molar-refractivity contribution in [2.24, 2.45) is 0 Å². The van der Waals surface area contributed by atoms with Gasteiger partial charge in [0, 0.05) is 6.08 Å². The number of halogens is 3. The maximum absolute atomic E-state index is 11.4. The molecule has 1 radical (unpaired) electrons. The van der Waals surface area contributed by atoms with Crippen LogP contribution in [-0.2, 0) is 4.74 Å². The molecule has 1 N–H and O–H groups in total. The van der Waals surface area contributed by atoms with E-state index in [9.17, 15) is 13.2 Å². The zero-order valence-corrected chi connectivity index (χ0v) is 5.42. The van der Waals surface area contributed by atoms with Gasteiger partial charge in [-0.2, -0.15) is 0 Å². The van der Waals surface area contributed by atoms with Gasteiger partial charge in [0.15, 0.2) is 6.23 Å². The van der Waals surface area contributed by atoms with Crippen LogP contribution in [0.2, 0.25) is 0 Å². The Bertz CT molecular complexity index is 146. The van der Waals surface area contributed by atoms with Crippen molar-refractivity contribution in [2.45, 2.75) is 12.6 Å². The minimum atomic E-state index is -4.59. The molecule has 1 aliphatic rings. The minimum Gasteiger partial charge on any atom is -0.268 e. The second kappa shape index (κ2) is 2.81. The van der Waals surface area contributed by atoms with Crippen molar-refractivity contribution in [1.82, 2.24) is 4.72 Å². The molecule has 1 heterocycles. The van der Waals surface area contributed by atoms with E-state index in [4.69, 9.17) is 0 Å². The molecule has 6 heteroatoms. The van der Waals surface area contributed by atoms with Gasteiger partial charge in [-0.15, -0.1) is 13.2 Å². The Morgan fingerprint density at radius 2 is 2.30 bits per heavy atom. The summed E-state index contributed by atoms with van der Waals surface area (Å²) in [5, 5.41) is 1.37. The van der Waals surface area contributed by atoms with E-state index >= 15 is 0 Å². The average molecular weight is 170 g/mol. The van der Waals surface area contributed by atoms with Crippen LogP contribution in [0, 0.1) is 6.08 Å². The van der Waals surface area contributed by atoms with Crippen molar-refractivity contribution < 1.29 is 17.9 Å². The summed E-state index contributed by atoms with van der Waals surface area (Å²) in [6.45, 7) is 0. The van der Waals surface area contributed by atoms with E-state index < -0.39 is 12.6 Å². The maximum atomic E-state index is 11.4. The van der Waals surface area contributed by atoms with E-state index in [-0.39, 0.29) is 0 Å². The van der Waals surface area contributed by atoms with Crippen LogP contribution >= 0.6 is 11.9 Å². The van der Waals surface area contributed by atoms with E-state index in [0.717, 1.165) is 11.9 Å². The third kappa shape index (κ3) is 2.59. The molecule has 1 aliphatic heterocycles. The van der Waals surface area contributed by atoms with E-state index in [0.29, 0.717) is 0 Å². The fourth-order valence-electron chi connectivity index (χ4n) is 0.417. The normalized spacial score (nSPS) is 25.7. The molecule has 10 heavy (non-hydrogen) atoms. The molecule has 0 spiro atoms. The Kier molecular flexibility index (Phi) is 2.22. The van der Waals surface area contributed by atoms with Crippen LogP contribution in [0.5, 0.6) is 0 Å². The van der Waals surface area contributed by atoms with Gasteiger partial charge in [-0.1, -0.05) is 11.9 Å². The fourth-order valence-corrected chi connectivity index (χ4v) is 0.917. The Hall–Kier alpha value is -0.200. The summed E-state index contributed by atoms with van der Waals surface area (Å²) in [6, 6.07) is 0. The first-order valence-electron chi connectivity index (χ1n) is 2.31. The standard InChI is InChI=1S/C4H3F3NOS/c5-4(6,7)9-3-1-2-10-8-3/h2-3,8H. The first-order valence-corrected chi connectivity index (χ1v) is 3.19. The van der Waals surface area contributed by atoms with Crippen LogP contribution in [0.15, 0.2) is 5.41 Å². The van der Waals surface area contributed by atoms with Gasteiger partial charge in [0.1, 0.15) is 0 Å². The van der Waals surface area contributed by atoms with Crippen LogP contribution in [0.4, 0.5) is 13.2 Å². The lowest BCUT2D eigenvalue weighted by Crippen LogP contribution is -2.28. The highest BCUT2D eigenvalue weighted by Gasteiger charge is 2.33. The van der Waals surface area contributed by atoms with Gasteiger partial charge >= 0.3 is 6.36 Å². The molecule has 0 saturated heterocycles. The molecule has 0 aromatic carbocycles. The minimum absolute atomic E-state index is 1.01. The van der Waals surface area contributed by atoms with Crippen LogP contribution < -0.4 is 4.72 Å². The molecule has 1 unspecified atom stereocenters. The average Bonchev–Trinajstić information content (AvgIpc) is 2.12. The van der Waals surface area contributed by atoms with Gasteiger partial charge in [0.2, 0.25) is 0 Å². The summed E-state index contributed by atoms with van der Waals surface area (Å²) in [5.74, 6) is 0. The molecule has 0 amide bonds. The Morgan fingerprint density at radius 3 is 2.70 bits per heavy atom. The fraction of sp³-hybridized carbons (Fsp3) is 0.500. The summed E-state index contributed by atoms with van der Waals surface area (Å²) >= 11 is 1.01. The molecule has 0 aromatic heterocycles. The summed E-state index contributed by atoms with van der Waals surface area (Å²) < 4.78 is 40.0. The number of hydrogen-bond acceptors (Lipinski definition) is 3. The van der Waals surface area contributed by atoms with Gasteiger partial charge in [0.25, 0.3) is 0 Å². The lowest BCUT2D eigenvalue weighted by atomic mass is 10.6. The third-order valence-electron chi connectivity index (χ3n) is 0.705. The Morgan fingerprint density at radius 1 is 1.60 bits per heavy atom. The quantitative estimate of drug-likeness (QED) is 0.601. The molecular weight excluding hydrogens is 167 g/mol. The molecule has 0 bridgehead atoms. The predicted molar refractivity (Wildman–Crippen MR) is 29.5 cm³/mol. The highest BCUT2D eigenvalue weighted by molar-refractivity contribution is 8.00. The van der Waals surface area contributed by atoms with E-state index in [1.165, 1.54) is 5.41 Å². The number of rotatable bonds is 1. The number of hydrogen-bond donors (Lipinski definition) is 1. The first-order chi connectivity index (χ1) is 4.58. The second-order valence-electron chi connectivity index (χ2n) is 1.46. The van der Waals surface area contributed by atoms with Crippen molar-refractivity contribution in [2.75, 3.05) is 0 Å². The highest BCUT2D eigenvalue weighted by atomic mass is 32.2. The molecular formula is C4H3F3NOS. The summed E-state index contributed by atoms with van der Waals surface area (Å²) in [5.41, 5.74) is 0. The monoisotopic (exact) mass is 170 g/mol. The topological polar surface area (TPSA) is 21.3 Å². The zero-order valence-electron chi connectivity index (χ0n) is 4.61. The molecule has 0 aromatic rings. The zero-order chi connectivity index (χ0) is 7.61. The van der Waals surface area contributed by atoms with E-state index in [2.05, 4.69) is 15.5 Å². The molecule has 0 saturated carbocycles. The number of ether oxygens (including phenoxy) is 1. The Balaban J connectivity index is 2.31. The number of alkyl halides is 3. The van der Waals surface area contributed by atoms with Crippen molar-refractivity contribution in [3.8, 4) is 0 Å². The molecule has 57 valence electrons. The summed E-state index contributed by atoms with van der Waals surface area (Å²) in [6.07, 6.45) is -3.46. The second-order valence-corrected chi connectivity index (χ2v) is 2.17. The van der Waals surface area contributed by atoms with Crippen LogP contribution in [0.3, 0.4) is 0 Å². The number of nitrogens with one attached hydrogen (secondary N) is 1. The SMILES string of the molecule is FC(F)(F)OC1[C]=CSN1. The smallest absolute Gasteiger partial charge is 0.268 e. The van der Waals surface area contributed by atoms with Gasteiger partial charge in [-0.05, 0) is 5.41 Å². The summed E-state index contributed by atoms with van der Waals surface area (Å²) in [4.78, 5) is 0. The van der Waals surface area contributed by atoms with Crippen LogP contribution in [-0.4, -0.2) is 12.6 Å². The highest BCUT2D eigenvalue weighted by Crippen LogP contribution is 2.21. The maximum Gasteiger partial charge on any atom is 0.524 e. The van der Waals surface area contributed by atoms with Gasteiger partial charge in [0.05, 0.1) is 0 Å². The third-order valence-corrected chi connectivity index (χ3v) is 1.31. The molecule has 2 nitrogen and oxygen atoms in total. The first kappa shape index (κ1) is 7.90. The Labute approximate surface area is 59.6 Å². The van der Waals surface area contributed by atoms with Crippen LogP contribution in [0.1, 0.15) is 0 Å². The lowest BCUT2D eigenvalue weighted by Gasteiger charge is -2.11. The van der Waals surface area contributed by atoms with Gasteiger partial charge < -0.3 is 0 Å². The van der Waals surface area contributed by atoms with Crippen LogP contribution in [0.25, 0.3) is 0 Å². The van der Waals surface area contributed by atoms with Crippen molar-refractivity contribution >= 4 is 11.9 Å². The van der Waals surface area contributed by atoms with Crippen molar-refractivity contribution in [3.63, 3.8) is 0 Å². The van der Waals surface area contributed by atoms with Gasteiger partial charge in [-0.3, -0.25) is 4.74 Å². The van der Waals surface area contributed by atoms with Crippen molar-refractivity contribution in [3.05, 3.63) is 11.5 Å². The largest absolute Gasteiger partial charge is 0.524 e. The van der Waals surface area contributed by atoms with E-state index in [1.807, 2.05) is 0 Å². The van der Waals surface area contributed by atoms with Gasteiger partial charge in [-0.25, -0.2) is 4.72 Å². The predicted octanol–water partition coefficient (Wildman–Crippen LogP) is 1.42. The molecule has 0 fully saturated rings. The lowest BCUT2D eigenvalue weighted by molar-refractivity contribution is -0.338.